The first-order valence-electron chi connectivity index (χ1n) is 9.92. The van der Waals surface area contributed by atoms with Crippen LogP contribution in [0.3, 0.4) is 0 Å². The summed E-state index contributed by atoms with van der Waals surface area (Å²) in [7, 11) is 1.71. The standard InChI is InChI=1S/C24H23N3O3/c1-3-21(29-20-14-13-17-9-7-8-12-19(17)15-20)24(28)27(2)16-22-25-23(26-30-22)18-10-5-4-6-11-18/h4-15,21H,3,16H2,1-2H3. The Morgan fingerprint density at radius 2 is 1.77 bits per heavy atom. The molecule has 0 bridgehead atoms. The highest BCUT2D eigenvalue weighted by Crippen LogP contribution is 2.23. The van der Waals surface area contributed by atoms with Crippen LogP contribution in [0, 0.1) is 0 Å². The summed E-state index contributed by atoms with van der Waals surface area (Å²) >= 11 is 0. The third-order valence-electron chi connectivity index (χ3n) is 4.89. The largest absolute Gasteiger partial charge is 0.481 e. The number of rotatable bonds is 7. The Morgan fingerprint density at radius 3 is 2.53 bits per heavy atom. The number of aromatic nitrogens is 2. The van der Waals surface area contributed by atoms with Gasteiger partial charge in [-0.2, -0.15) is 4.98 Å². The van der Waals surface area contributed by atoms with Crippen LogP contribution in [0.2, 0.25) is 0 Å². The number of fused-ring (bicyclic) bond motifs is 1. The van der Waals surface area contributed by atoms with Gasteiger partial charge in [-0.1, -0.05) is 72.7 Å². The van der Waals surface area contributed by atoms with Crippen molar-refractivity contribution >= 4 is 16.7 Å². The predicted molar refractivity (Wildman–Crippen MR) is 115 cm³/mol. The second-order valence-electron chi connectivity index (χ2n) is 7.10. The Balaban J connectivity index is 1.43. The highest BCUT2D eigenvalue weighted by Gasteiger charge is 2.24. The van der Waals surface area contributed by atoms with Crippen LogP contribution in [-0.2, 0) is 11.3 Å². The zero-order valence-corrected chi connectivity index (χ0v) is 17.0. The summed E-state index contributed by atoms with van der Waals surface area (Å²) in [5, 5.41) is 6.21. The van der Waals surface area contributed by atoms with E-state index in [1.54, 1.807) is 11.9 Å². The average Bonchev–Trinajstić information content (AvgIpc) is 3.26. The highest BCUT2D eigenvalue weighted by molar-refractivity contribution is 5.84. The van der Waals surface area contributed by atoms with E-state index in [9.17, 15) is 4.79 Å². The molecule has 0 fully saturated rings. The molecular weight excluding hydrogens is 378 g/mol. The molecule has 0 spiro atoms. The number of amides is 1. The van der Waals surface area contributed by atoms with Crippen LogP contribution in [0.1, 0.15) is 19.2 Å². The van der Waals surface area contributed by atoms with Crippen LogP contribution in [0.5, 0.6) is 5.75 Å². The predicted octanol–water partition coefficient (Wildman–Crippen LogP) is 4.71. The molecule has 0 saturated carbocycles. The van der Waals surface area contributed by atoms with Gasteiger partial charge in [0, 0.05) is 12.6 Å². The van der Waals surface area contributed by atoms with Gasteiger partial charge in [0.25, 0.3) is 5.91 Å². The van der Waals surface area contributed by atoms with Crippen molar-refractivity contribution in [3.63, 3.8) is 0 Å². The van der Waals surface area contributed by atoms with Crippen LogP contribution in [0.15, 0.2) is 77.3 Å². The van der Waals surface area contributed by atoms with E-state index in [0.717, 1.165) is 16.3 Å². The Morgan fingerprint density at radius 1 is 1.03 bits per heavy atom. The van der Waals surface area contributed by atoms with E-state index < -0.39 is 6.10 Å². The fraction of sp³-hybridized carbons (Fsp3) is 0.208. The Hall–Kier alpha value is -3.67. The first-order valence-corrected chi connectivity index (χ1v) is 9.92. The van der Waals surface area contributed by atoms with Crippen LogP contribution >= 0.6 is 0 Å². The summed E-state index contributed by atoms with van der Waals surface area (Å²) < 4.78 is 11.3. The monoisotopic (exact) mass is 401 g/mol. The Labute approximate surface area is 175 Å². The molecule has 6 nitrogen and oxygen atoms in total. The molecule has 4 rings (SSSR count). The van der Waals surface area contributed by atoms with Crippen molar-refractivity contribution in [1.82, 2.24) is 15.0 Å². The fourth-order valence-corrected chi connectivity index (χ4v) is 3.26. The number of nitrogens with zero attached hydrogens (tertiary/aromatic N) is 3. The molecule has 0 aliphatic rings. The molecular formula is C24H23N3O3. The quantitative estimate of drug-likeness (QED) is 0.449. The van der Waals surface area contributed by atoms with Gasteiger partial charge in [-0.15, -0.1) is 0 Å². The molecule has 0 N–H and O–H groups in total. The van der Waals surface area contributed by atoms with Gasteiger partial charge in [0.1, 0.15) is 5.75 Å². The maximum Gasteiger partial charge on any atom is 0.263 e. The summed E-state index contributed by atoms with van der Waals surface area (Å²) in [4.78, 5) is 18.9. The van der Waals surface area contributed by atoms with Gasteiger partial charge >= 0.3 is 0 Å². The van der Waals surface area contributed by atoms with E-state index in [-0.39, 0.29) is 12.5 Å². The smallest absolute Gasteiger partial charge is 0.263 e. The zero-order valence-electron chi connectivity index (χ0n) is 17.0. The van der Waals surface area contributed by atoms with Crippen LogP contribution < -0.4 is 4.74 Å². The molecule has 6 heteroatoms. The molecule has 0 aliphatic carbocycles. The van der Waals surface area contributed by atoms with Crippen molar-refractivity contribution in [2.45, 2.75) is 26.0 Å². The number of ether oxygens (including phenoxy) is 1. The van der Waals surface area contributed by atoms with Crippen LogP contribution in [0.25, 0.3) is 22.2 Å². The van der Waals surface area contributed by atoms with Gasteiger partial charge in [-0.25, -0.2) is 0 Å². The summed E-state index contributed by atoms with van der Waals surface area (Å²) in [6, 6.07) is 23.5. The van der Waals surface area contributed by atoms with Crippen molar-refractivity contribution in [1.29, 1.82) is 0 Å². The van der Waals surface area contributed by atoms with E-state index >= 15 is 0 Å². The van der Waals surface area contributed by atoms with Crippen molar-refractivity contribution in [2.75, 3.05) is 7.05 Å². The molecule has 152 valence electrons. The lowest BCUT2D eigenvalue weighted by atomic mass is 10.1. The van der Waals surface area contributed by atoms with E-state index in [0.29, 0.717) is 23.9 Å². The highest BCUT2D eigenvalue weighted by atomic mass is 16.5. The molecule has 30 heavy (non-hydrogen) atoms. The molecule has 4 aromatic rings. The van der Waals surface area contributed by atoms with Crippen LogP contribution in [-0.4, -0.2) is 34.1 Å². The summed E-state index contributed by atoms with van der Waals surface area (Å²) in [5.41, 5.74) is 0.868. The lowest BCUT2D eigenvalue weighted by Crippen LogP contribution is -2.39. The molecule has 1 atom stereocenters. The normalized spacial score (nSPS) is 11.9. The minimum Gasteiger partial charge on any atom is -0.481 e. The minimum absolute atomic E-state index is 0.134. The fourth-order valence-electron chi connectivity index (χ4n) is 3.26. The number of carbonyl (C=O) groups is 1. The average molecular weight is 401 g/mol. The Bertz CT molecular complexity index is 1140. The number of hydrogen-bond acceptors (Lipinski definition) is 5. The molecule has 1 heterocycles. The number of hydrogen-bond donors (Lipinski definition) is 0. The maximum absolute atomic E-state index is 12.9. The zero-order chi connectivity index (χ0) is 20.9. The molecule has 1 aromatic heterocycles. The van der Waals surface area contributed by atoms with E-state index in [1.165, 1.54) is 0 Å². The molecule has 0 radical (unpaired) electrons. The van der Waals surface area contributed by atoms with Crippen molar-refractivity contribution in [3.05, 3.63) is 78.7 Å². The van der Waals surface area contributed by atoms with Crippen LogP contribution in [0.4, 0.5) is 0 Å². The lowest BCUT2D eigenvalue weighted by molar-refractivity contribution is -0.138. The van der Waals surface area contributed by atoms with Gasteiger partial charge in [0.2, 0.25) is 11.7 Å². The number of carbonyl (C=O) groups excluding carboxylic acids is 1. The molecule has 0 saturated heterocycles. The Kier molecular flexibility index (Phi) is 5.75. The third-order valence-corrected chi connectivity index (χ3v) is 4.89. The van der Waals surface area contributed by atoms with Gasteiger partial charge < -0.3 is 14.2 Å². The third kappa shape index (κ3) is 4.33. The molecule has 1 unspecified atom stereocenters. The maximum atomic E-state index is 12.9. The van der Waals surface area contributed by atoms with Gasteiger partial charge in [-0.3, -0.25) is 4.79 Å². The first kappa shape index (κ1) is 19.6. The minimum atomic E-state index is -0.590. The van der Waals surface area contributed by atoms with E-state index in [2.05, 4.69) is 10.1 Å². The second-order valence-corrected chi connectivity index (χ2v) is 7.10. The van der Waals surface area contributed by atoms with Crippen molar-refractivity contribution in [3.8, 4) is 17.1 Å². The van der Waals surface area contributed by atoms with Gasteiger partial charge in [0.15, 0.2) is 6.10 Å². The molecule has 1 amide bonds. The lowest BCUT2D eigenvalue weighted by Gasteiger charge is -2.22. The van der Waals surface area contributed by atoms with E-state index in [4.69, 9.17) is 9.26 Å². The van der Waals surface area contributed by atoms with Gasteiger partial charge in [-0.05, 0) is 29.3 Å². The van der Waals surface area contributed by atoms with Crippen molar-refractivity contribution < 1.29 is 14.1 Å². The first-order chi connectivity index (χ1) is 14.6. The van der Waals surface area contributed by atoms with E-state index in [1.807, 2.05) is 79.7 Å². The molecule has 3 aromatic carbocycles. The van der Waals surface area contributed by atoms with Crippen molar-refractivity contribution in [2.24, 2.45) is 0 Å². The number of benzene rings is 3. The summed E-state index contributed by atoms with van der Waals surface area (Å²) in [5.74, 6) is 1.42. The molecule has 0 aliphatic heterocycles. The second kappa shape index (κ2) is 8.78. The topological polar surface area (TPSA) is 68.5 Å². The van der Waals surface area contributed by atoms with Gasteiger partial charge in [0.05, 0.1) is 6.54 Å². The number of likely N-dealkylation sites (N-methyl/N-ethyl adjacent to an activating group) is 1. The SMILES string of the molecule is CCC(Oc1ccc2ccccc2c1)C(=O)N(C)Cc1nc(-c2ccccc2)no1. The summed E-state index contributed by atoms with van der Waals surface area (Å²) in [6.45, 7) is 2.15. The summed E-state index contributed by atoms with van der Waals surface area (Å²) in [6.07, 6.45) is -0.0394.